The van der Waals surface area contributed by atoms with Crippen LogP contribution in [0.5, 0.6) is 0 Å². The molecule has 0 aromatic heterocycles. The molecule has 0 bridgehead atoms. The van der Waals surface area contributed by atoms with Crippen LogP contribution in [0.4, 0.5) is 0 Å². The number of nitrogens with one attached hydrogen (secondary N) is 1. The van der Waals surface area contributed by atoms with Crippen molar-refractivity contribution in [3.63, 3.8) is 0 Å². The maximum Gasteiger partial charge on any atom is 0.0233 e. The van der Waals surface area contributed by atoms with Crippen molar-refractivity contribution in [3.8, 4) is 0 Å². The lowest BCUT2D eigenvalue weighted by molar-refractivity contribution is 0.331. The second-order valence-electron chi connectivity index (χ2n) is 6.16. The van der Waals surface area contributed by atoms with Crippen LogP contribution in [0.3, 0.4) is 0 Å². The molecule has 0 atom stereocenters. The van der Waals surface area contributed by atoms with Crippen molar-refractivity contribution >= 4 is 0 Å². The SMILES string of the molecule is c1cc(CN2CCCC2)ccc1CNC1CCCC1. The number of rotatable bonds is 5. The van der Waals surface area contributed by atoms with Crippen LogP contribution < -0.4 is 5.32 Å². The van der Waals surface area contributed by atoms with Gasteiger partial charge in [-0.05, 0) is 49.9 Å². The van der Waals surface area contributed by atoms with Gasteiger partial charge in [-0.25, -0.2) is 0 Å². The van der Waals surface area contributed by atoms with Crippen LogP contribution in [0.2, 0.25) is 0 Å². The van der Waals surface area contributed by atoms with E-state index >= 15 is 0 Å². The number of hydrogen-bond acceptors (Lipinski definition) is 2. The van der Waals surface area contributed by atoms with E-state index in [0.29, 0.717) is 0 Å². The summed E-state index contributed by atoms with van der Waals surface area (Å²) < 4.78 is 0. The summed E-state index contributed by atoms with van der Waals surface area (Å²) in [6.07, 6.45) is 8.31. The Morgan fingerprint density at radius 3 is 2.21 bits per heavy atom. The first kappa shape index (κ1) is 13.1. The molecule has 1 aliphatic heterocycles. The topological polar surface area (TPSA) is 15.3 Å². The first-order chi connectivity index (χ1) is 9.40. The number of likely N-dealkylation sites (tertiary alicyclic amines) is 1. The zero-order valence-corrected chi connectivity index (χ0v) is 11.9. The van der Waals surface area contributed by atoms with E-state index in [0.717, 1.165) is 19.1 Å². The van der Waals surface area contributed by atoms with Gasteiger partial charge in [-0.1, -0.05) is 37.1 Å². The van der Waals surface area contributed by atoms with E-state index < -0.39 is 0 Å². The van der Waals surface area contributed by atoms with Crippen LogP contribution in [0.25, 0.3) is 0 Å². The van der Waals surface area contributed by atoms with E-state index in [-0.39, 0.29) is 0 Å². The Bertz CT molecular complexity index is 373. The third-order valence-corrected chi connectivity index (χ3v) is 4.58. The van der Waals surface area contributed by atoms with Gasteiger partial charge in [0.2, 0.25) is 0 Å². The quantitative estimate of drug-likeness (QED) is 0.871. The van der Waals surface area contributed by atoms with Crippen molar-refractivity contribution in [1.82, 2.24) is 10.2 Å². The fraction of sp³-hybridized carbons (Fsp3) is 0.647. The Morgan fingerprint density at radius 2 is 1.53 bits per heavy atom. The molecule has 2 nitrogen and oxygen atoms in total. The molecule has 1 aliphatic carbocycles. The van der Waals surface area contributed by atoms with Crippen LogP contribution >= 0.6 is 0 Å². The second kappa shape index (κ2) is 6.53. The highest BCUT2D eigenvalue weighted by Gasteiger charge is 2.14. The summed E-state index contributed by atoms with van der Waals surface area (Å²) in [5, 5.41) is 3.68. The van der Waals surface area contributed by atoms with Crippen molar-refractivity contribution in [2.24, 2.45) is 0 Å². The molecule has 0 amide bonds. The average molecular weight is 258 g/mol. The van der Waals surface area contributed by atoms with Gasteiger partial charge in [0, 0.05) is 19.1 Å². The Kier molecular flexibility index (Phi) is 4.52. The Hall–Kier alpha value is -0.860. The van der Waals surface area contributed by atoms with Gasteiger partial charge in [-0.15, -0.1) is 0 Å². The summed E-state index contributed by atoms with van der Waals surface area (Å²) in [6, 6.07) is 9.98. The maximum absolute atomic E-state index is 3.68. The molecule has 3 rings (SSSR count). The summed E-state index contributed by atoms with van der Waals surface area (Å²) in [5.74, 6) is 0. The Balaban J connectivity index is 1.47. The molecule has 1 N–H and O–H groups in total. The molecular weight excluding hydrogens is 232 g/mol. The van der Waals surface area contributed by atoms with Gasteiger partial charge in [0.05, 0.1) is 0 Å². The lowest BCUT2D eigenvalue weighted by Gasteiger charge is -2.15. The molecule has 1 saturated heterocycles. The first-order valence-corrected chi connectivity index (χ1v) is 7.94. The van der Waals surface area contributed by atoms with Crippen LogP contribution in [-0.2, 0) is 13.1 Å². The van der Waals surface area contributed by atoms with Gasteiger partial charge in [-0.3, -0.25) is 4.90 Å². The maximum atomic E-state index is 3.68. The standard InChI is InChI=1S/C17H26N2/c1-2-6-17(5-1)18-13-15-7-9-16(10-8-15)14-19-11-3-4-12-19/h7-10,17-18H,1-6,11-14H2. The third-order valence-electron chi connectivity index (χ3n) is 4.58. The van der Waals surface area contributed by atoms with Crippen LogP contribution in [0.1, 0.15) is 49.7 Å². The highest BCUT2D eigenvalue weighted by atomic mass is 15.1. The largest absolute Gasteiger partial charge is 0.310 e. The summed E-state index contributed by atoms with van der Waals surface area (Å²) in [5.41, 5.74) is 2.89. The minimum Gasteiger partial charge on any atom is -0.310 e. The van der Waals surface area contributed by atoms with Crippen LogP contribution in [0, 0.1) is 0 Å². The van der Waals surface area contributed by atoms with E-state index in [9.17, 15) is 0 Å². The van der Waals surface area contributed by atoms with Crippen molar-refractivity contribution < 1.29 is 0 Å². The van der Waals surface area contributed by atoms with E-state index in [2.05, 4.69) is 34.5 Å². The zero-order chi connectivity index (χ0) is 12.9. The van der Waals surface area contributed by atoms with Crippen molar-refractivity contribution in [3.05, 3.63) is 35.4 Å². The summed E-state index contributed by atoms with van der Waals surface area (Å²) in [6.45, 7) is 4.74. The number of benzene rings is 1. The minimum absolute atomic E-state index is 0.768. The molecule has 2 aliphatic rings. The molecule has 1 aromatic rings. The average Bonchev–Trinajstić information content (AvgIpc) is 3.11. The predicted molar refractivity (Wildman–Crippen MR) is 80.0 cm³/mol. The van der Waals surface area contributed by atoms with E-state index in [1.165, 1.54) is 62.7 Å². The summed E-state index contributed by atoms with van der Waals surface area (Å²) in [4.78, 5) is 2.56. The fourth-order valence-electron chi connectivity index (χ4n) is 3.35. The van der Waals surface area contributed by atoms with Crippen molar-refractivity contribution in [1.29, 1.82) is 0 Å². The second-order valence-corrected chi connectivity index (χ2v) is 6.16. The van der Waals surface area contributed by atoms with Gasteiger partial charge in [-0.2, -0.15) is 0 Å². The van der Waals surface area contributed by atoms with Crippen molar-refractivity contribution in [2.45, 2.75) is 57.7 Å². The Labute approximate surface area is 117 Å². The number of nitrogens with zero attached hydrogens (tertiary/aromatic N) is 1. The van der Waals surface area contributed by atoms with E-state index in [1.54, 1.807) is 0 Å². The lowest BCUT2D eigenvalue weighted by Crippen LogP contribution is -2.25. The molecule has 0 radical (unpaired) electrons. The summed E-state index contributed by atoms with van der Waals surface area (Å²) >= 11 is 0. The molecule has 2 heteroatoms. The molecule has 1 heterocycles. The zero-order valence-electron chi connectivity index (χ0n) is 11.9. The normalized spacial score (nSPS) is 21.3. The van der Waals surface area contributed by atoms with Crippen molar-refractivity contribution in [2.75, 3.05) is 13.1 Å². The highest BCUT2D eigenvalue weighted by molar-refractivity contribution is 5.22. The van der Waals surface area contributed by atoms with Crippen LogP contribution in [-0.4, -0.2) is 24.0 Å². The molecule has 19 heavy (non-hydrogen) atoms. The molecule has 0 unspecified atom stereocenters. The molecule has 2 fully saturated rings. The monoisotopic (exact) mass is 258 g/mol. The van der Waals surface area contributed by atoms with E-state index in [1.807, 2.05) is 0 Å². The van der Waals surface area contributed by atoms with Gasteiger partial charge >= 0.3 is 0 Å². The van der Waals surface area contributed by atoms with E-state index in [4.69, 9.17) is 0 Å². The van der Waals surface area contributed by atoms with Gasteiger partial charge < -0.3 is 5.32 Å². The highest BCUT2D eigenvalue weighted by Crippen LogP contribution is 2.18. The van der Waals surface area contributed by atoms with Gasteiger partial charge in [0.15, 0.2) is 0 Å². The molecular formula is C17H26N2. The number of hydrogen-bond donors (Lipinski definition) is 1. The Morgan fingerprint density at radius 1 is 0.895 bits per heavy atom. The molecule has 0 spiro atoms. The fourth-order valence-corrected chi connectivity index (χ4v) is 3.35. The molecule has 1 saturated carbocycles. The predicted octanol–water partition coefficient (Wildman–Crippen LogP) is 3.31. The molecule has 104 valence electrons. The van der Waals surface area contributed by atoms with Crippen LogP contribution in [0.15, 0.2) is 24.3 Å². The molecule has 1 aromatic carbocycles. The third kappa shape index (κ3) is 3.80. The smallest absolute Gasteiger partial charge is 0.0233 e. The van der Waals surface area contributed by atoms with Gasteiger partial charge in [0.1, 0.15) is 0 Å². The first-order valence-electron chi connectivity index (χ1n) is 7.94. The lowest BCUT2D eigenvalue weighted by atomic mass is 10.1. The van der Waals surface area contributed by atoms with Gasteiger partial charge in [0.25, 0.3) is 0 Å². The minimum atomic E-state index is 0.768. The summed E-state index contributed by atoms with van der Waals surface area (Å²) in [7, 11) is 0.